The van der Waals surface area contributed by atoms with Crippen LogP contribution in [-0.2, 0) is 0 Å². The largest absolute Gasteiger partial charge is 0.289 e. The van der Waals surface area contributed by atoms with E-state index < -0.39 is 16.7 Å². The highest BCUT2D eigenvalue weighted by Gasteiger charge is 2.37. The molecule has 1 aliphatic rings. The number of amides is 2. The third kappa shape index (κ3) is 3.40. The molecule has 146 valence electrons. The van der Waals surface area contributed by atoms with Crippen molar-refractivity contribution in [2.24, 2.45) is 0 Å². The first-order valence-electron chi connectivity index (χ1n) is 9.00. The second-order valence-electron chi connectivity index (χ2n) is 6.59. The van der Waals surface area contributed by atoms with Crippen molar-refractivity contribution >= 4 is 35.0 Å². The number of nitro groups is 1. The molecule has 3 aromatic carbocycles. The Bertz CT molecular complexity index is 1230. The predicted octanol–water partition coefficient (Wildman–Crippen LogP) is 4.29. The number of rotatable bonds is 5. The summed E-state index contributed by atoms with van der Waals surface area (Å²) in [5, 5.41) is 11.0. The number of anilines is 1. The normalized spacial score (nSPS) is 13.0. The van der Waals surface area contributed by atoms with E-state index in [2.05, 4.69) is 0 Å². The molecule has 0 unspecified atom stereocenters. The third-order valence-electron chi connectivity index (χ3n) is 4.69. The number of fused-ring (bicyclic) bond motifs is 1. The summed E-state index contributed by atoms with van der Waals surface area (Å²) in [4.78, 5) is 49.0. The van der Waals surface area contributed by atoms with Crippen LogP contribution in [-0.4, -0.2) is 22.5 Å². The molecule has 0 aliphatic carbocycles. The summed E-state index contributed by atoms with van der Waals surface area (Å²) >= 11 is 0. The smallest absolute Gasteiger partial charge is 0.270 e. The molecule has 1 aliphatic heterocycles. The first-order valence-corrected chi connectivity index (χ1v) is 9.00. The van der Waals surface area contributed by atoms with Gasteiger partial charge in [-0.15, -0.1) is 0 Å². The highest BCUT2D eigenvalue weighted by atomic mass is 16.6. The second kappa shape index (κ2) is 7.56. The lowest BCUT2D eigenvalue weighted by Crippen LogP contribution is -2.29. The van der Waals surface area contributed by atoms with E-state index in [1.807, 2.05) is 6.07 Å². The summed E-state index contributed by atoms with van der Waals surface area (Å²) in [5.74, 6) is -1.35. The van der Waals surface area contributed by atoms with Crippen molar-refractivity contribution in [3.8, 4) is 0 Å². The molecule has 7 heteroatoms. The molecule has 1 heterocycles. The van der Waals surface area contributed by atoms with Gasteiger partial charge in [0.25, 0.3) is 17.5 Å². The maximum atomic E-state index is 12.8. The topological polar surface area (TPSA) is 97.6 Å². The molecule has 30 heavy (non-hydrogen) atoms. The van der Waals surface area contributed by atoms with E-state index in [0.29, 0.717) is 16.8 Å². The van der Waals surface area contributed by atoms with Gasteiger partial charge in [0.2, 0.25) is 0 Å². The zero-order chi connectivity index (χ0) is 21.3. The van der Waals surface area contributed by atoms with Crippen LogP contribution in [0.3, 0.4) is 0 Å². The van der Waals surface area contributed by atoms with E-state index in [4.69, 9.17) is 0 Å². The van der Waals surface area contributed by atoms with Crippen molar-refractivity contribution in [3.05, 3.63) is 111 Å². The van der Waals surface area contributed by atoms with Gasteiger partial charge in [0, 0.05) is 17.7 Å². The number of ketones is 1. The molecule has 0 saturated carbocycles. The maximum absolute atomic E-state index is 12.8. The van der Waals surface area contributed by atoms with E-state index in [-0.39, 0.29) is 22.6 Å². The number of hydrogen-bond acceptors (Lipinski definition) is 5. The monoisotopic (exact) mass is 398 g/mol. The van der Waals surface area contributed by atoms with Crippen molar-refractivity contribution in [2.45, 2.75) is 0 Å². The van der Waals surface area contributed by atoms with Gasteiger partial charge in [0.05, 0.1) is 21.7 Å². The van der Waals surface area contributed by atoms with Gasteiger partial charge in [-0.25, -0.2) is 4.90 Å². The van der Waals surface area contributed by atoms with Gasteiger partial charge in [-0.2, -0.15) is 0 Å². The van der Waals surface area contributed by atoms with Crippen molar-refractivity contribution in [2.75, 3.05) is 4.90 Å². The Hall–Kier alpha value is -4.39. The van der Waals surface area contributed by atoms with Crippen molar-refractivity contribution in [3.63, 3.8) is 0 Å². The Kier molecular flexibility index (Phi) is 4.77. The Balaban J connectivity index is 1.62. The molecule has 0 saturated heterocycles. The van der Waals surface area contributed by atoms with E-state index in [0.717, 1.165) is 11.0 Å². The fourth-order valence-corrected chi connectivity index (χ4v) is 3.21. The van der Waals surface area contributed by atoms with Crippen molar-refractivity contribution in [1.29, 1.82) is 0 Å². The Labute approximate surface area is 171 Å². The lowest BCUT2D eigenvalue weighted by atomic mass is 10.1. The molecule has 0 spiro atoms. The molecule has 7 nitrogen and oxygen atoms in total. The summed E-state index contributed by atoms with van der Waals surface area (Å²) in [5.41, 5.74) is 1.34. The summed E-state index contributed by atoms with van der Waals surface area (Å²) in [7, 11) is 0. The number of benzene rings is 3. The van der Waals surface area contributed by atoms with Crippen LogP contribution in [0.15, 0.2) is 78.9 Å². The van der Waals surface area contributed by atoms with Crippen LogP contribution in [0, 0.1) is 10.1 Å². The third-order valence-corrected chi connectivity index (χ3v) is 4.69. The van der Waals surface area contributed by atoms with Crippen LogP contribution in [0.2, 0.25) is 0 Å². The number of carbonyl (C=O) groups excluding carboxylic acids is 3. The molecule has 0 radical (unpaired) electrons. The lowest BCUT2D eigenvalue weighted by Gasteiger charge is -2.14. The highest BCUT2D eigenvalue weighted by molar-refractivity contribution is 6.34. The van der Waals surface area contributed by atoms with Crippen LogP contribution >= 0.6 is 0 Å². The minimum absolute atomic E-state index is 0.00518. The number of nitro benzene ring substituents is 1. The number of imide groups is 1. The van der Waals surface area contributed by atoms with Gasteiger partial charge >= 0.3 is 0 Å². The second-order valence-corrected chi connectivity index (χ2v) is 6.59. The van der Waals surface area contributed by atoms with E-state index >= 15 is 0 Å². The van der Waals surface area contributed by atoms with Gasteiger partial charge in [-0.3, -0.25) is 24.5 Å². The summed E-state index contributed by atoms with van der Waals surface area (Å²) in [6, 6.07) is 19.0. The number of carbonyl (C=O) groups is 3. The van der Waals surface area contributed by atoms with Crippen molar-refractivity contribution < 1.29 is 19.3 Å². The average Bonchev–Trinajstić information content (AvgIpc) is 3.02. The fourth-order valence-electron chi connectivity index (χ4n) is 3.21. The van der Waals surface area contributed by atoms with Gasteiger partial charge < -0.3 is 0 Å². The van der Waals surface area contributed by atoms with Crippen LogP contribution in [0.4, 0.5) is 11.4 Å². The van der Waals surface area contributed by atoms with E-state index in [1.165, 1.54) is 18.2 Å². The molecular weight excluding hydrogens is 384 g/mol. The number of nitrogens with zero attached hydrogens (tertiary/aromatic N) is 2. The minimum atomic E-state index is -0.625. The zero-order valence-corrected chi connectivity index (χ0v) is 15.5. The molecular formula is C23H14N2O5. The van der Waals surface area contributed by atoms with Crippen LogP contribution in [0.25, 0.3) is 6.08 Å². The van der Waals surface area contributed by atoms with Crippen LogP contribution < -0.4 is 4.90 Å². The lowest BCUT2D eigenvalue weighted by molar-refractivity contribution is -0.384. The van der Waals surface area contributed by atoms with E-state index in [1.54, 1.807) is 54.6 Å². The zero-order valence-electron chi connectivity index (χ0n) is 15.5. The van der Waals surface area contributed by atoms with Gasteiger partial charge in [0.15, 0.2) is 5.78 Å². The van der Waals surface area contributed by atoms with Gasteiger partial charge in [-0.1, -0.05) is 48.5 Å². The molecule has 4 rings (SSSR count). The highest BCUT2D eigenvalue weighted by Crippen LogP contribution is 2.31. The van der Waals surface area contributed by atoms with Gasteiger partial charge in [-0.05, 0) is 29.8 Å². The van der Waals surface area contributed by atoms with Crippen LogP contribution in [0.5, 0.6) is 0 Å². The predicted molar refractivity (Wildman–Crippen MR) is 110 cm³/mol. The number of allylic oxidation sites excluding steroid dienone is 1. The maximum Gasteiger partial charge on any atom is 0.270 e. The molecule has 0 aromatic heterocycles. The number of hydrogen-bond donors (Lipinski definition) is 0. The summed E-state index contributed by atoms with van der Waals surface area (Å²) in [6.07, 6.45) is 3.02. The first-order chi connectivity index (χ1) is 14.5. The Morgan fingerprint density at radius 3 is 2.33 bits per heavy atom. The Morgan fingerprint density at radius 2 is 1.60 bits per heavy atom. The minimum Gasteiger partial charge on any atom is -0.289 e. The first kappa shape index (κ1) is 18.9. The molecule has 3 aromatic rings. The summed E-state index contributed by atoms with van der Waals surface area (Å²) in [6.45, 7) is 0. The summed E-state index contributed by atoms with van der Waals surface area (Å²) < 4.78 is 0. The number of non-ortho nitro benzene ring substituents is 1. The Morgan fingerprint density at radius 1 is 0.867 bits per heavy atom. The van der Waals surface area contributed by atoms with E-state index in [9.17, 15) is 24.5 Å². The molecule has 2 amide bonds. The molecule has 0 bridgehead atoms. The van der Waals surface area contributed by atoms with Crippen molar-refractivity contribution in [1.82, 2.24) is 0 Å². The SMILES string of the molecule is O=C(/C=C/c1cccc(N2C(=O)c3ccc([N+](=O)[O-])cc3C2=O)c1)c1ccccc1. The molecule has 0 N–H and O–H groups in total. The fraction of sp³-hybridized carbons (Fsp3) is 0. The average molecular weight is 398 g/mol. The standard InChI is InChI=1S/C23H14N2O5/c26-21(16-6-2-1-3-7-16)12-9-15-5-4-8-17(13-15)24-22(27)19-11-10-18(25(29)30)14-20(19)23(24)28/h1-14H/b12-9+. The quantitative estimate of drug-likeness (QED) is 0.210. The molecule has 0 fully saturated rings. The van der Waals surface area contributed by atoms with Crippen LogP contribution in [0.1, 0.15) is 36.6 Å². The van der Waals surface area contributed by atoms with Gasteiger partial charge in [0.1, 0.15) is 0 Å². The molecule has 0 atom stereocenters.